The maximum Gasteiger partial charge on any atom is 0.508 e. The monoisotopic (exact) mass is 524 g/mol. The number of carbonyl (C=O) groups excluding carboxylic acids is 1. The largest absolute Gasteiger partial charge is 0.508 e. The lowest BCUT2D eigenvalue weighted by Crippen LogP contribution is -2.25. The average molecular weight is 525 g/mol. The molecule has 38 heavy (non-hydrogen) atoms. The third kappa shape index (κ3) is 13.4. The second-order valence-corrected chi connectivity index (χ2v) is 10.4. The van der Waals surface area contributed by atoms with E-state index in [4.69, 9.17) is 9.47 Å². The van der Waals surface area contributed by atoms with Gasteiger partial charge in [0.2, 0.25) is 0 Å². The summed E-state index contributed by atoms with van der Waals surface area (Å²) in [6.07, 6.45) is 9.19. The molecule has 0 saturated carbocycles. The summed E-state index contributed by atoms with van der Waals surface area (Å²) in [4.78, 5) is 17.2. The van der Waals surface area contributed by atoms with Crippen LogP contribution >= 0.6 is 0 Å². The van der Waals surface area contributed by atoms with Crippen molar-refractivity contribution >= 4 is 6.16 Å². The lowest BCUT2D eigenvalue weighted by Gasteiger charge is -2.22. The van der Waals surface area contributed by atoms with Gasteiger partial charge in [0.25, 0.3) is 0 Å². The third-order valence-corrected chi connectivity index (χ3v) is 6.88. The Morgan fingerprint density at radius 1 is 0.526 bits per heavy atom. The van der Waals surface area contributed by atoms with Gasteiger partial charge in [0.1, 0.15) is 13.2 Å². The Hall–Kier alpha value is -2.37. The van der Waals surface area contributed by atoms with E-state index in [1.54, 1.807) is 0 Å². The van der Waals surface area contributed by atoms with Crippen molar-refractivity contribution in [2.75, 3.05) is 26.2 Å². The number of benzene rings is 2. The first-order chi connectivity index (χ1) is 18.6. The van der Waals surface area contributed by atoms with E-state index in [2.05, 4.69) is 61.8 Å². The van der Waals surface area contributed by atoms with Gasteiger partial charge in [-0.1, -0.05) is 102 Å². The summed E-state index contributed by atoms with van der Waals surface area (Å²) in [5, 5.41) is 0. The lowest BCUT2D eigenvalue weighted by molar-refractivity contribution is 0.0446. The summed E-state index contributed by atoms with van der Waals surface area (Å²) in [6.45, 7) is 15.9. The van der Waals surface area contributed by atoms with Crippen molar-refractivity contribution in [3.8, 4) is 0 Å². The van der Waals surface area contributed by atoms with Crippen LogP contribution < -0.4 is 0 Å². The zero-order chi connectivity index (χ0) is 27.4. The van der Waals surface area contributed by atoms with Gasteiger partial charge in [0.15, 0.2) is 0 Å². The van der Waals surface area contributed by atoms with E-state index in [9.17, 15) is 4.79 Å². The molecule has 212 valence electrons. The van der Waals surface area contributed by atoms with Gasteiger partial charge in [0, 0.05) is 13.1 Å². The molecule has 2 rings (SSSR count). The number of rotatable bonds is 20. The molecule has 0 aliphatic heterocycles. The Balaban J connectivity index is 1.74. The molecule has 0 bridgehead atoms. The van der Waals surface area contributed by atoms with Crippen molar-refractivity contribution in [3.63, 3.8) is 0 Å². The van der Waals surface area contributed by atoms with E-state index in [0.29, 0.717) is 0 Å². The van der Waals surface area contributed by atoms with E-state index < -0.39 is 6.16 Å². The first kappa shape index (κ1) is 31.8. The topological polar surface area (TPSA) is 42.0 Å². The van der Waals surface area contributed by atoms with Gasteiger partial charge in [0.05, 0.1) is 0 Å². The Kier molecular flexibility index (Phi) is 16.5. The summed E-state index contributed by atoms with van der Waals surface area (Å²) in [7, 11) is 0. The summed E-state index contributed by atoms with van der Waals surface area (Å²) >= 11 is 0. The highest BCUT2D eigenvalue weighted by molar-refractivity contribution is 5.60. The van der Waals surface area contributed by atoms with Gasteiger partial charge >= 0.3 is 6.16 Å². The fourth-order valence-electron chi connectivity index (χ4n) is 4.39. The van der Waals surface area contributed by atoms with Crippen LogP contribution in [0.5, 0.6) is 0 Å². The second kappa shape index (κ2) is 19.7. The quantitative estimate of drug-likeness (QED) is 0.163. The van der Waals surface area contributed by atoms with Crippen molar-refractivity contribution in [2.45, 2.75) is 105 Å². The third-order valence-electron chi connectivity index (χ3n) is 6.88. The van der Waals surface area contributed by atoms with Crippen molar-refractivity contribution in [3.05, 3.63) is 70.8 Å². The van der Waals surface area contributed by atoms with Gasteiger partial charge < -0.3 is 9.47 Å². The molecule has 0 aromatic heterocycles. The minimum Gasteiger partial charge on any atom is -0.429 e. The normalized spacial score (nSPS) is 11.3. The predicted octanol–water partition coefficient (Wildman–Crippen LogP) is 8.34. The van der Waals surface area contributed by atoms with Crippen molar-refractivity contribution < 1.29 is 14.3 Å². The van der Waals surface area contributed by atoms with E-state index in [1.165, 1.54) is 62.5 Å². The van der Waals surface area contributed by atoms with Gasteiger partial charge in [-0.25, -0.2) is 4.79 Å². The number of ether oxygens (including phenoxy) is 2. The van der Waals surface area contributed by atoms with Crippen LogP contribution in [0.3, 0.4) is 0 Å². The number of unbranched alkanes of at least 4 members (excludes halogenated alkanes) is 4. The van der Waals surface area contributed by atoms with Crippen LogP contribution in [0.4, 0.5) is 4.79 Å². The number of nitrogens with zero attached hydrogens (tertiary/aromatic N) is 2. The summed E-state index contributed by atoms with van der Waals surface area (Å²) < 4.78 is 10.7. The summed E-state index contributed by atoms with van der Waals surface area (Å²) in [6, 6.07) is 16.7. The van der Waals surface area contributed by atoms with Crippen LogP contribution in [-0.4, -0.2) is 42.1 Å². The van der Waals surface area contributed by atoms with Crippen molar-refractivity contribution in [1.82, 2.24) is 9.80 Å². The molecule has 0 spiro atoms. The van der Waals surface area contributed by atoms with E-state index in [-0.39, 0.29) is 13.2 Å². The maximum atomic E-state index is 12.2. The highest BCUT2D eigenvalue weighted by atomic mass is 16.7. The highest BCUT2D eigenvalue weighted by Gasteiger charge is 2.09. The van der Waals surface area contributed by atoms with Crippen molar-refractivity contribution in [1.29, 1.82) is 0 Å². The lowest BCUT2D eigenvalue weighted by atomic mass is 10.1. The fourth-order valence-corrected chi connectivity index (χ4v) is 4.39. The standard InChI is InChI=1S/C33H52N2O3/c1-5-9-21-34(22-10-6-2)25-29-13-17-31(18-14-29)27-37-33(36)38-28-32-19-15-30(16-20-32)26-35(23-11-7-3)24-12-8-4/h13-20H,5-12,21-28H2,1-4H3. The van der Waals surface area contributed by atoms with Crippen LogP contribution in [0.15, 0.2) is 48.5 Å². The molecule has 0 N–H and O–H groups in total. The van der Waals surface area contributed by atoms with Crippen LogP contribution in [0, 0.1) is 0 Å². The zero-order valence-corrected chi connectivity index (χ0v) is 24.6. The molecule has 0 aliphatic carbocycles. The molecule has 0 atom stereocenters. The minimum absolute atomic E-state index is 0.221. The van der Waals surface area contributed by atoms with Crippen molar-refractivity contribution in [2.24, 2.45) is 0 Å². The Morgan fingerprint density at radius 3 is 1.11 bits per heavy atom. The molecule has 0 aliphatic rings. The molecule has 5 nitrogen and oxygen atoms in total. The predicted molar refractivity (Wildman–Crippen MR) is 158 cm³/mol. The molecule has 0 amide bonds. The minimum atomic E-state index is -0.631. The SMILES string of the molecule is CCCCN(CCCC)Cc1ccc(COC(=O)OCc2ccc(CN(CCCC)CCCC)cc2)cc1. The first-order valence-corrected chi connectivity index (χ1v) is 15.0. The zero-order valence-electron chi connectivity index (χ0n) is 24.6. The Labute approximate surface area is 232 Å². The second-order valence-electron chi connectivity index (χ2n) is 10.4. The molecule has 0 fully saturated rings. The van der Waals surface area contributed by atoms with Gasteiger partial charge in [-0.15, -0.1) is 0 Å². The number of carbonyl (C=O) groups is 1. The van der Waals surface area contributed by atoms with Crippen LogP contribution in [0.2, 0.25) is 0 Å². The molecule has 2 aromatic rings. The van der Waals surface area contributed by atoms with Crippen LogP contribution in [0.1, 0.15) is 101 Å². The molecule has 5 heteroatoms. The summed E-state index contributed by atoms with van der Waals surface area (Å²) in [5.74, 6) is 0. The Morgan fingerprint density at radius 2 is 0.816 bits per heavy atom. The molecule has 0 unspecified atom stereocenters. The van der Waals surface area contributed by atoms with Crippen LogP contribution in [0.25, 0.3) is 0 Å². The molecular formula is C33H52N2O3. The molecular weight excluding hydrogens is 472 g/mol. The van der Waals surface area contributed by atoms with Gasteiger partial charge in [-0.05, 0) is 74.1 Å². The highest BCUT2D eigenvalue weighted by Crippen LogP contribution is 2.13. The Bertz CT molecular complexity index is 779. The molecule has 2 aromatic carbocycles. The van der Waals surface area contributed by atoms with E-state index in [1.807, 2.05) is 24.3 Å². The number of hydrogen-bond donors (Lipinski definition) is 0. The first-order valence-electron chi connectivity index (χ1n) is 15.0. The fraction of sp³-hybridized carbons (Fsp3) is 0.606. The average Bonchev–Trinajstić information content (AvgIpc) is 2.95. The van der Waals surface area contributed by atoms with Gasteiger partial charge in [-0.2, -0.15) is 0 Å². The van der Waals surface area contributed by atoms with Gasteiger partial charge in [-0.3, -0.25) is 9.80 Å². The summed E-state index contributed by atoms with van der Waals surface area (Å²) in [5.41, 5.74) is 4.54. The smallest absolute Gasteiger partial charge is 0.429 e. The molecule has 0 saturated heterocycles. The maximum absolute atomic E-state index is 12.2. The van der Waals surface area contributed by atoms with E-state index >= 15 is 0 Å². The number of hydrogen-bond acceptors (Lipinski definition) is 5. The molecule has 0 heterocycles. The van der Waals surface area contributed by atoms with Crippen LogP contribution in [-0.2, 0) is 35.8 Å². The molecule has 0 radical (unpaired) electrons. The van der Waals surface area contributed by atoms with E-state index in [0.717, 1.165) is 50.4 Å².